The zero-order chi connectivity index (χ0) is 35.7. The molecule has 1 aliphatic heterocycles. The van der Waals surface area contributed by atoms with E-state index in [0.29, 0.717) is 11.5 Å². The van der Waals surface area contributed by atoms with E-state index in [9.17, 15) is 0 Å². The number of para-hydroxylation sites is 1. The van der Waals surface area contributed by atoms with Gasteiger partial charge >= 0.3 is 0 Å². The molecule has 266 valence electrons. The first-order valence-corrected chi connectivity index (χ1v) is 17.8. The van der Waals surface area contributed by atoms with Crippen molar-refractivity contribution in [3.05, 3.63) is 170 Å². The zero-order valence-electron chi connectivity index (χ0n) is 29.9. The van der Waals surface area contributed by atoms with Crippen molar-refractivity contribution in [2.75, 3.05) is 9.80 Å². The molecule has 0 unspecified atom stereocenters. The van der Waals surface area contributed by atoms with Gasteiger partial charge in [-0.15, -0.1) is 48.1 Å². The Hall–Kier alpha value is -5.97. The van der Waals surface area contributed by atoms with Crippen molar-refractivity contribution in [3.63, 3.8) is 0 Å². The van der Waals surface area contributed by atoms with Gasteiger partial charge in [-0.2, -0.15) is 12.1 Å². The minimum absolute atomic E-state index is 0. The van der Waals surface area contributed by atoms with Gasteiger partial charge in [0.1, 0.15) is 11.6 Å². The maximum absolute atomic E-state index is 6.53. The molecule has 0 fully saturated rings. The van der Waals surface area contributed by atoms with E-state index in [2.05, 4.69) is 157 Å². The van der Waals surface area contributed by atoms with Crippen LogP contribution in [-0.4, -0.2) is 14.5 Å². The molecular weight excluding hydrogens is 846 g/mol. The van der Waals surface area contributed by atoms with Crippen LogP contribution in [0.1, 0.15) is 26.3 Å². The molecular formula is C47H34N5OPt-3. The molecule has 6 aromatic carbocycles. The number of ether oxygens (including phenoxy) is 1. The van der Waals surface area contributed by atoms with Crippen LogP contribution in [0, 0.1) is 18.8 Å². The summed E-state index contributed by atoms with van der Waals surface area (Å²) < 4.78 is 8.72. The maximum Gasteiger partial charge on any atom is 0.135 e. The zero-order valence-corrected chi connectivity index (χ0v) is 32.2. The molecule has 6 nitrogen and oxygen atoms in total. The molecule has 7 heteroatoms. The number of fused-ring (bicyclic) bond motifs is 7. The summed E-state index contributed by atoms with van der Waals surface area (Å²) in [6, 6.07) is 53.3. The summed E-state index contributed by atoms with van der Waals surface area (Å²) in [5.41, 5.74) is 6.04. The molecule has 0 N–H and O–H groups in total. The third kappa shape index (κ3) is 5.61. The van der Waals surface area contributed by atoms with Gasteiger partial charge in [-0.05, 0) is 68.9 Å². The normalized spacial score (nSPS) is 12.8. The fraction of sp³-hybridized carbons (Fsp3) is 0.0851. The number of nitrogens with zero attached hydrogens (tertiary/aromatic N) is 5. The second kappa shape index (κ2) is 13.2. The molecule has 0 bridgehead atoms. The number of hydrogen-bond acceptors (Lipinski definition) is 5. The van der Waals surface area contributed by atoms with Crippen molar-refractivity contribution in [2.45, 2.75) is 26.2 Å². The van der Waals surface area contributed by atoms with E-state index >= 15 is 0 Å². The third-order valence-electron chi connectivity index (χ3n) is 10.1. The van der Waals surface area contributed by atoms with Crippen molar-refractivity contribution < 1.29 is 25.8 Å². The number of benzene rings is 6. The Labute approximate surface area is 328 Å². The summed E-state index contributed by atoms with van der Waals surface area (Å²) in [5, 5.41) is 7.04. The van der Waals surface area contributed by atoms with Crippen LogP contribution in [0.2, 0.25) is 0 Å². The topological polar surface area (TPSA) is 46.4 Å². The van der Waals surface area contributed by atoms with Crippen LogP contribution < -0.4 is 14.5 Å². The Kier molecular flexibility index (Phi) is 8.24. The van der Waals surface area contributed by atoms with Crippen LogP contribution in [0.5, 0.6) is 11.5 Å². The Morgan fingerprint density at radius 3 is 2.24 bits per heavy atom. The van der Waals surface area contributed by atoms with Crippen molar-refractivity contribution in [2.24, 2.45) is 0 Å². The molecule has 0 atom stereocenters. The monoisotopic (exact) mass is 879 g/mol. The van der Waals surface area contributed by atoms with E-state index in [1.54, 1.807) is 0 Å². The number of hydrogen-bond donors (Lipinski definition) is 0. The standard InChI is InChI=1S/C47H34N5O.Pt/c1-47(2,3)32-24-26-48-45(27-32)52-42-17-7-6-15-38(42)40-23-21-35(29-44(40)52)53-34-13-8-12-33(28-34)50-30-51(46-43(50)19-10-25-49-46)41-18-9-16-37-36-14-5-4-11-31(36)20-22-39(37)41;/h4-27,30H,1-3H3;/q-3;. The summed E-state index contributed by atoms with van der Waals surface area (Å²) in [6.07, 6.45) is 3.73. The fourth-order valence-electron chi connectivity index (χ4n) is 7.53. The van der Waals surface area contributed by atoms with E-state index in [1.165, 1.54) is 21.7 Å². The van der Waals surface area contributed by atoms with Crippen LogP contribution in [0.3, 0.4) is 0 Å². The number of pyridine rings is 2. The SMILES string of the molecule is CC(C)(C)c1ccnc(-n2c3[c-]c(Oc4[c-]c(N5[CH-]N(c6cccc7c6ccc6ccccc67)c6ncccc65)ccc4)ccc3c3ccccc32)c1.[Pt]. The van der Waals surface area contributed by atoms with Crippen LogP contribution in [0.4, 0.5) is 22.9 Å². The maximum atomic E-state index is 6.53. The van der Waals surface area contributed by atoms with Gasteiger partial charge < -0.3 is 19.1 Å². The van der Waals surface area contributed by atoms with E-state index < -0.39 is 0 Å². The number of anilines is 4. The Morgan fingerprint density at radius 2 is 1.35 bits per heavy atom. The summed E-state index contributed by atoms with van der Waals surface area (Å²) in [4.78, 5) is 13.9. The molecule has 1 aliphatic rings. The van der Waals surface area contributed by atoms with Crippen LogP contribution >= 0.6 is 0 Å². The molecule has 10 rings (SSSR count). The van der Waals surface area contributed by atoms with Gasteiger partial charge in [-0.3, -0.25) is 0 Å². The van der Waals surface area contributed by atoms with Gasteiger partial charge in [0.2, 0.25) is 0 Å². The molecule has 0 radical (unpaired) electrons. The van der Waals surface area contributed by atoms with Crippen LogP contribution in [-0.2, 0) is 26.5 Å². The van der Waals surface area contributed by atoms with Gasteiger partial charge in [0.15, 0.2) is 0 Å². The van der Waals surface area contributed by atoms with Gasteiger partial charge in [0, 0.05) is 61.5 Å². The van der Waals surface area contributed by atoms with E-state index in [0.717, 1.165) is 55.9 Å². The minimum atomic E-state index is -0.0144. The Balaban J connectivity index is 0.00000384. The summed E-state index contributed by atoms with van der Waals surface area (Å²) in [6.45, 7) is 8.75. The van der Waals surface area contributed by atoms with Gasteiger partial charge in [0.05, 0.1) is 5.69 Å². The van der Waals surface area contributed by atoms with E-state index in [-0.39, 0.29) is 26.5 Å². The quantitative estimate of drug-likeness (QED) is 0.127. The van der Waals surface area contributed by atoms with Crippen LogP contribution in [0.15, 0.2) is 146 Å². The summed E-state index contributed by atoms with van der Waals surface area (Å²) in [5.74, 6) is 2.89. The van der Waals surface area contributed by atoms with Crippen molar-refractivity contribution in [1.82, 2.24) is 14.5 Å². The molecule has 4 heterocycles. The minimum Gasteiger partial charge on any atom is -0.509 e. The predicted octanol–water partition coefficient (Wildman–Crippen LogP) is 12.0. The molecule has 0 saturated heterocycles. The molecule has 3 aromatic heterocycles. The average molecular weight is 880 g/mol. The largest absolute Gasteiger partial charge is 0.509 e. The Morgan fingerprint density at radius 1 is 0.593 bits per heavy atom. The van der Waals surface area contributed by atoms with Gasteiger partial charge in [0.25, 0.3) is 0 Å². The second-order valence-corrected chi connectivity index (χ2v) is 14.5. The van der Waals surface area contributed by atoms with Crippen molar-refractivity contribution in [1.29, 1.82) is 0 Å². The molecule has 0 spiro atoms. The van der Waals surface area contributed by atoms with Gasteiger partial charge in [-0.25, -0.2) is 9.97 Å². The second-order valence-electron chi connectivity index (χ2n) is 14.5. The van der Waals surface area contributed by atoms with Crippen LogP contribution in [0.25, 0.3) is 49.2 Å². The summed E-state index contributed by atoms with van der Waals surface area (Å²) >= 11 is 0. The first-order chi connectivity index (χ1) is 25.9. The van der Waals surface area contributed by atoms with Crippen molar-refractivity contribution >= 4 is 66.2 Å². The molecule has 0 amide bonds. The first kappa shape index (κ1) is 33.8. The number of aromatic nitrogens is 3. The molecule has 0 saturated carbocycles. The summed E-state index contributed by atoms with van der Waals surface area (Å²) in [7, 11) is 0. The fourth-order valence-corrected chi connectivity index (χ4v) is 7.53. The van der Waals surface area contributed by atoms with E-state index in [4.69, 9.17) is 14.7 Å². The Bertz CT molecular complexity index is 2870. The van der Waals surface area contributed by atoms with E-state index in [1.807, 2.05) is 42.7 Å². The average Bonchev–Trinajstić information content (AvgIpc) is 3.73. The predicted molar refractivity (Wildman–Crippen MR) is 216 cm³/mol. The van der Waals surface area contributed by atoms with Crippen molar-refractivity contribution in [3.8, 4) is 17.3 Å². The molecule has 0 aliphatic carbocycles. The number of rotatable bonds is 5. The first-order valence-electron chi connectivity index (χ1n) is 17.8. The van der Waals surface area contributed by atoms with Gasteiger partial charge in [-0.1, -0.05) is 93.0 Å². The third-order valence-corrected chi connectivity index (χ3v) is 10.1. The molecule has 54 heavy (non-hydrogen) atoms. The molecule has 9 aromatic rings. The smallest absolute Gasteiger partial charge is 0.135 e.